The Morgan fingerprint density at radius 3 is 1.91 bits per heavy atom. The molecule has 0 radical (unpaired) electrons. The van der Waals surface area contributed by atoms with E-state index in [2.05, 4.69) is 65.9 Å². The highest BCUT2D eigenvalue weighted by Gasteiger charge is 2.48. The Morgan fingerprint density at radius 1 is 0.912 bits per heavy atom. The van der Waals surface area contributed by atoms with Crippen LogP contribution in [0.4, 0.5) is 0 Å². The fourth-order valence-electron chi connectivity index (χ4n) is 4.13. The van der Waals surface area contributed by atoms with E-state index < -0.39 is 61.9 Å². The first-order chi connectivity index (χ1) is 15.4. The van der Waals surface area contributed by atoms with Gasteiger partial charge in [0.2, 0.25) is 8.32 Å². The molecule has 34 heavy (non-hydrogen) atoms. The molecule has 204 valence electrons. The topological polar surface area (TPSA) is 75.6 Å². The van der Waals surface area contributed by atoms with E-state index in [4.69, 9.17) is 25.9 Å². The van der Waals surface area contributed by atoms with Gasteiger partial charge in [-0.25, -0.2) is 0 Å². The summed E-state index contributed by atoms with van der Waals surface area (Å²) in [5.41, 5.74) is 0.475. The molecule has 0 aromatic carbocycles. The lowest BCUT2D eigenvalue weighted by Gasteiger charge is -2.43. The molecular weight excluding hydrogens is 517 g/mol. The third-order valence-electron chi connectivity index (χ3n) is 4.96. The van der Waals surface area contributed by atoms with E-state index in [1.807, 2.05) is 13.8 Å². The predicted octanol–water partition coefficient (Wildman–Crippen LogP) is 5.30. The summed E-state index contributed by atoms with van der Waals surface area (Å²) in [6.07, 6.45) is 1.99. The molecule has 0 saturated heterocycles. The molecule has 0 aromatic heterocycles. The summed E-state index contributed by atoms with van der Waals surface area (Å²) in [6.45, 7) is 28.8. The van der Waals surface area contributed by atoms with E-state index in [0.717, 1.165) is 5.57 Å². The summed E-state index contributed by atoms with van der Waals surface area (Å²) in [6, 6.07) is 1.19. The van der Waals surface area contributed by atoms with Crippen LogP contribution in [0.5, 0.6) is 0 Å². The maximum Gasteiger partial charge on any atom is 0.314 e. The van der Waals surface area contributed by atoms with E-state index in [-0.39, 0.29) is 0 Å². The van der Waals surface area contributed by atoms with E-state index >= 15 is 0 Å². The molecule has 0 bridgehead atoms. The van der Waals surface area contributed by atoms with Gasteiger partial charge in [0.05, 0.1) is 12.7 Å². The third-order valence-corrected chi connectivity index (χ3v) is 23.3. The second-order valence-corrected chi connectivity index (χ2v) is 28.0. The number of aliphatic hydroxyl groups is 1. The Bertz CT molecular complexity index is 600. The standard InChI is InChI=1S/C22H54O7Si5/c1-14-16-17-30-26-32(8,9)28-34(12,13)29-33(10,11)27-31(6,7)22(20(5)23)25-21(15-2)24-18-19(3)4/h20-23H,3,14-18,30H2,1-2,4-13H3. The summed E-state index contributed by atoms with van der Waals surface area (Å²) >= 11 is 0. The maximum absolute atomic E-state index is 10.6. The smallest absolute Gasteiger partial charge is 0.314 e. The van der Waals surface area contributed by atoms with Gasteiger partial charge in [0.15, 0.2) is 6.29 Å². The van der Waals surface area contributed by atoms with Crippen molar-refractivity contribution in [2.24, 2.45) is 0 Å². The molecule has 0 saturated carbocycles. The number of unbranched alkanes of at least 4 members (excludes halogenated alkanes) is 1. The molecular formula is C22H54O7Si5. The number of rotatable bonds is 19. The van der Waals surface area contributed by atoms with Gasteiger partial charge in [0.25, 0.3) is 0 Å². The molecule has 0 aliphatic heterocycles. The van der Waals surface area contributed by atoms with Crippen molar-refractivity contribution in [3.63, 3.8) is 0 Å². The third kappa shape index (κ3) is 14.9. The van der Waals surface area contributed by atoms with E-state index in [1.165, 1.54) is 18.9 Å². The Morgan fingerprint density at radius 2 is 1.44 bits per heavy atom. The molecule has 0 aliphatic carbocycles. The normalized spacial score (nSPS) is 16.7. The Labute approximate surface area is 216 Å². The van der Waals surface area contributed by atoms with Crippen molar-refractivity contribution in [3.05, 3.63) is 12.2 Å². The zero-order chi connectivity index (χ0) is 26.8. The van der Waals surface area contributed by atoms with Crippen LogP contribution in [-0.4, -0.2) is 73.6 Å². The zero-order valence-corrected chi connectivity index (χ0v) is 29.5. The van der Waals surface area contributed by atoms with Crippen LogP contribution < -0.4 is 0 Å². The van der Waals surface area contributed by atoms with Crippen molar-refractivity contribution >= 4 is 43.8 Å². The van der Waals surface area contributed by atoms with Crippen molar-refractivity contribution in [2.45, 2.75) is 123 Å². The van der Waals surface area contributed by atoms with Crippen LogP contribution in [-0.2, 0) is 25.9 Å². The van der Waals surface area contributed by atoms with Gasteiger partial charge in [-0.1, -0.05) is 38.8 Å². The van der Waals surface area contributed by atoms with Crippen LogP contribution >= 0.6 is 0 Å². The quantitative estimate of drug-likeness (QED) is 0.0977. The second-order valence-electron chi connectivity index (χ2n) is 11.1. The molecule has 0 heterocycles. The van der Waals surface area contributed by atoms with E-state index in [1.54, 1.807) is 6.92 Å². The Hall–Kier alpha value is 0.544. The predicted molar refractivity (Wildman–Crippen MR) is 154 cm³/mol. The minimum atomic E-state index is -2.59. The van der Waals surface area contributed by atoms with E-state index in [0.29, 0.717) is 13.0 Å². The first-order valence-corrected chi connectivity index (χ1v) is 25.7. The molecule has 3 unspecified atom stereocenters. The molecule has 0 fully saturated rings. The number of hydrogen-bond donors (Lipinski definition) is 1. The summed E-state index contributed by atoms with van der Waals surface area (Å²) in [5, 5.41) is 10.6. The molecule has 7 nitrogen and oxygen atoms in total. The van der Waals surface area contributed by atoms with Crippen molar-refractivity contribution < 1.29 is 31.0 Å². The first-order valence-electron chi connectivity index (χ1n) is 12.7. The summed E-state index contributed by atoms with van der Waals surface area (Å²) < 4.78 is 38.2. The summed E-state index contributed by atoms with van der Waals surface area (Å²) in [5.74, 6) is 0. The number of aliphatic hydroxyl groups excluding tert-OH is 1. The maximum atomic E-state index is 10.6. The van der Waals surface area contributed by atoms with Crippen LogP contribution in [0.1, 0.15) is 47.0 Å². The molecule has 0 aliphatic rings. The van der Waals surface area contributed by atoms with Gasteiger partial charge >= 0.3 is 25.7 Å². The number of ether oxygens (including phenoxy) is 2. The lowest BCUT2D eigenvalue weighted by molar-refractivity contribution is -0.170. The number of hydrogen-bond acceptors (Lipinski definition) is 7. The zero-order valence-electron chi connectivity index (χ0n) is 24.1. The van der Waals surface area contributed by atoms with Gasteiger partial charge in [-0.05, 0) is 78.7 Å². The highest BCUT2D eigenvalue weighted by atomic mass is 28.5. The Kier molecular flexibility index (Phi) is 15.3. The lowest BCUT2D eigenvalue weighted by Crippen LogP contribution is -2.62. The van der Waals surface area contributed by atoms with E-state index in [9.17, 15) is 5.11 Å². The fraction of sp³-hybridized carbons (Fsp3) is 0.909. The first kappa shape index (κ1) is 34.5. The molecule has 0 spiro atoms. The average Bonchev–Trinajstić information content (AvgIpc) is 2.61. The summed E-state index contributed by atoms with van der Waals surface area (Å²) in [4.78, 5) is 0. The van der Waals surface area contributed by atoms with Crippen molar-refractivity contribution in [2.75, 3.05) is 6.61 Å². The van der Waals surface area contributed by atoms with Crippen LogP contribution in [0.2, 0.25) is 58.4 Å². The van der Waals surface area contributed by atoms with Gasteiger partial charge in [-0.3, -0.25) is 0 Å². The van der Waals surface area contributed by atoms with Crippen LogP contribution in [0.3, 0.4) is 0 Å². The Balaban J connectivity index is 5.26. The van der Waals surface area contributed by atoms with Crippen LogP contribution in [0, 0.1) is 0 Å². The van der Waals surface area contributed by atoms with Gasteiger partial charge in [0.1, 0.15) is 15.5 Å². The van der Waals surface area contributed by atoms with Crippen LogP contribution in [0.25, 0.3) is 0 Å². The molecule has 1 N–H and O–H groups in total. The minimum Gasteiger partial charge on any atom is -0.442 e. The van der Waals surface area contributed by atoms with Crippen molar-refractivity contribution in [1.29, 1.82) is 0 Å². The van der Waals surface area contributed by atoms with Gasteiger partial charge < -0.3 is 31.0 Å². The fourth-order valence-corrected chi connectivity index (χ4v) is 25.9. The average molecular weight is 571 g/mol. The molecule has 0 aromatic rings. The highest BCUT2D eigenvalue weighted by molar-refractivity contribution is 6.89. The van der Waals surface area contributed by atoms with Gasteiger partial charge in [-0.15, -0.1) is 0 Å². The van der Waals surface area contributed by atoms with Crippen molar-refractivity contribution in [1.82, 2.24) is 0 Å². The van der Waals surface area contributed by atoms with Crippen LogP contribution in [0.15, 0.2) is 12.2 Å². The second kappa shape index (κ2) is 15.1. The highest BCUT2D eigenvalue weighted by Crippen LogP contribution is 2.28. The molecule has 0 rings (SSSR count). The lowest BCUT2D eigenvalue weighted by atomic mass is 10.4. The SMILES string of the molecule is C=C(C)COC(CC)OC(C(C)O)[Si](C)(C)O[Si](C)(C)O[Si](C)(C)O[Si](C)(C)O[SiH2]CCCC. The molecule has 3 atom stereocenters. The minimum absolute atomic E-state index is 0.424. The monoisotopic (exact) mass is 570 g/mol. The largest absolute Gasteiger partial charge is 0.442 e. The van der Waals surface area contributed by atoms with Gasteiger partial charge in [-0.2, -0.15) is 0 Å². The van der Waals surface area contributed by atoms with Crippen molar-refractivity contribution in [3.8, 4) is 0 Å². The van der Waals surface area contributed by atoms with Gasteiger partial charge in [0, 0.05) is 0 Å². The molecule has 0 amide bonds. The summed E-state index contributed by atoms with van der Waals surface area (Å²) in [7, 11) is -10.4. The molecule has 12 heteroatoms.